The molecule has 1 saturated heterocycles. The third-order valence-electron chi connectivity index (χ3n) is 7.06. The van der Waals surface area contributed by atoms with E-state index in [0.717, 1.165) is 32.6 Å². The van der Waals surface area contributed by atoms with Crippen LogP contribution in [-0.4, -0.2) is 107 Å². The first-order valence-corrected chi connectivity index (χ1v) is 14.2. The van der Waals surface area contributed by atoms with Crippen molar-refractivity contribution in [2.45, 2.75) is 25.6 Å². The molecule has 0 aliphatic carbocycles. The number of tetrazole rings is 1. The number of carbonyl (C=O) groups excluding carboxylic acids is 1. The van der Waals surface area contributed by atoms with Crippen molar-refractivity contribution < 1.29 is 18.3 Å². The number of amides is 1. The first-order valence-electron chi connectivity index (χ1n) is 13.8. The Morgan fingerprint density at radius 2 is 2.09 bits per heavy atom. The van der Waals surface area contributed by atoms with E-state index < -0.39 is 12.5 Å². The molecule has 0 bridgehead atoms. The summed E-state index contributed by atoms with van der Waals surface area (Å²) in [5.74, 6) is -0.293. The van der Waals surface area contributed by atoms with Gasteiger partial charge < -0.3 is 15.0 Å². The SMILES string of the molecule is CN(C)CCCN1CC(n2nnc(Cn3cc(NC(=O)c4cnn5cccnc45)c(-c4cc(Cl)ccc4OC(F)F)n3)n2)C1. The number of anilines is 1. The highest BCUT2D eigenvalue weighted by Gasteiger charge is 2.30. The van der Waals surface area contributed by atoms with Crippen LogP contribution in [0.4, 0.5) is 14.5 Å². The minimum atomic E-state index is -3.09. The summed E-state index contributed by atoms with van der Waals surface area (Å²) in [5.41, 5.74) is 1.08. The van der Waals surface area contributed by atoms with Crippen molar-refractivity contribution in [3.8, 4) is 17.0 Å². The van der Waals surface area contributed by atoms with Crippen molar-refractivity contribution in [3.05, 3.63) is 65.5 Å². The average molecular weight is 627 g/mol. The Labute approximate surface area is 255 Å². The number of nitrogens with zero attached hydrogens (tertiary/aromatic N) is 11. The number of benzene rings is 1. The summed E-state index contributed by atoms with van der Waals surface area (Å²) in [4.78, 5) is 23.7. The summed E-state index contributed by atoms with van der Waals surface area (Å²) in [5, 5.41) is 24.8. The molecule has 0 unspecified atom stereocenters. The number of fused-ring (bicyclic) bond motifs is 1. The average Bonchev–Trinajstić information content (AvgIpc) is 3.69. The standard InChI is InChI=1S/C27H29ClF2N12O2/c1-38(2)8-4-9-39-13-18(14-39)42-35-23(34-37-42)16-40-15-21(33-26(43)20-12-32-41-10-3-7-31-25(20)41)24(36-40)19-11-17(28)5-6-22(19)44-27(29)30/h3,5-7,10-12,15,18,27H,4,8-9,13-14,16H2,1-2H3,(H,33,43). The third-order valence-corrected chi connectivity index (χ3v) is 7.30. The van der Waals surface area contributed by atoms with E-state index in [-0.39, 0.29) is 45.9 Å². The minimum absolute atomic E-state index is 0.103. The number of ether oxygens (including phenoxy) is 1. The maximum Gasteiger partial charge on any atom is 0.387 e. The highest BCUT2D eigenvalue weighted by Crippen LogP contribution is 2.37. The van der Waals surface area contributed by atoms with Crippen LogP contribution in [0, 0.1) is 0 Å². The molecule has 1 aliphatic heterocycles. The predicted molar refractivity (Wildman–Crippen MR) is 156 cm³/mol. The van der Waals surface area contributed by atoms with E-state index in [9.17, 15) is 13.6 Å². The number of nitrogens with one attached hydrogen (secondary N) is 1. The van der Waals surface area contributed by atoms with Crippen LogP contribution in [0.2, 0.25) is 5.02 Å². The molecule has 0 radical (unpaired) electrons. The molecule has 17 heteroatoms. The van der Waals surface area contributed by atoms with Gasteiger partial charge in [0, 0.05) is 42.3 Å². The summed E-state index contributed by atoms with van der Waals surface area (Å²) >= 11 is 6.23. The lowest BCUT2D eigenvalue weighted by atomic mass is 10.1. The van der Waals surface area contributed by atoms with Gasteiger partial charge in [0.15, 0.2) is 11.5 Å². The molecule has 5 aromatic rings. The quantitative estimate of drug-likeness (QED) is 0.220. The van der Waals surface area contributed by atoms with Gasteiger partial charge in [-0.3, -0.25) is 14.4 Å². The van der Waals surface area contributed by atoms with Gasteiger partial charge in [0.25, 0.3) is 5.91 Å². The van der Waals surface area contributed by atoms with Gasteiger partial charge in [-0.1, -0.05) is 11.6 Å². The molecule has 14 nitrogen and oxygen atoms in total. The minimum Gasteiger partial charge on any atom is -0.434 e. The van der Waals surface area contributed by atoms with E-state index in [1.807, 2.05) is 0 Å². The summed E-state index contributed by atoms with van der Waals surface area (Å²) in [6.45, 7) is 0.729. The Bertz CT molecular complexity index is 1760. The lowest BCUT2D eigenvalue weighted by molar-refractivity contribution is -0.0494. The highest BCUT2D eigenvalue weighted by atomic mass is 35.5. The molecule has 6 rings (SSSR count). The van der Waals surface area contributed by atoms with Crippen LogP contribution in [0.1, 0.15) is 28.6 Å². The second-order valence-corrected chi connectivity index (χ2v) is 11.0. The third kappa shape index (κ3) is 6.51. The Kier molecular flexibility index (Phi) is 8.45. The van der Waals surface area contributed by atoms with Crippen molar-refractivity contribution in [1.29, 1.82) is 0 Å². The molecule has 44 heavy (non-hydrogen) atoms. The number of aromatic nitrogens is 9. The van der Waals surface area contributed by atoms with Gasteiger partial charge >= 0.3 is 6.61 Å². The maximum absolute atomic E-state index is 13.4. The second-order valence-electron chi connectivity index (χ2n) is 10.6. The number of likely N-dealkylation sites (tertiary alicyclic amines) is 1. The van der Waals surface area contributed by atoms with Gasteiger partial charge in [0.2, 0.25) is 0 Å². The molecule has 5 heterocycles. The topological polar surface area (TPSA) is 136 Å². The maximum atomic E-state index is 13.4. The van der Waals surface area contributed by atoms with Gasteiger partial charge in [-0.05, 0) is 63.1 Å². The number of halogens is 3. The molecular weight excluding hydrogens is 598 g/mol. The van der Waals surface area contributed by atoms with E-state index in [1.54, 1.807) is 29.5 Å². The van der Waals surface area contributed by atoms with Crippen molar-refractivity contribution >= 4 is 28.8 Å². The summed E-state index contributed by atoms with van der Waals surface area (Å²) in [6.07, 6.45) is 7.23. The molecule has 4 aromatic heterocycles. The number of hydrogen-bond donors (Lipinski definition) is 1. The van der Waals surface area contributed by atoms with Crippen molar-refractivity contribution in [3.63, 3.8) is 0 Å². The summed E-state index contributed by atoms with van der Waals surface area (Å²) < 4.78 is 34.2. The van der Waals surface area contributed by atoms with Crippen molar-refractivity contribution in [1.82, 2.24) is 54.4 Å². The largest absolute Gasteiger partial charge is 0.434 e. The predicted octanol–water partition coefficient (Wildman–Crippen LogP) is 2.94. The molecule has 1 N–H and O–H groups in total. The Morgan fingerprint density at radius 3 is 2.89 bits per heavy atom. The van der Waals surface area contributed by atoms with Crippen LogP contribution >= 0.6 is 11.6 Å². The molecule has 230 valence electrons. The van der Waals surface area contributed by atoms with Crippen LogP contribution in [0.5, 0.6) is 5.75 Å². The Morgan fingerprint density at radius 1 is 1.25 bits per heavy atom. The molecule has 1 fully saturated rings. The van der Waals surface area contributed by atoms with E-state index in [4.69, 9.17) is 16.3 Å². The monoisotopic (exact) mass is 626 g/mol. The smallest absolute Gasteiger partial charge is 0.387 e. The van der Waals surface area contributed by atoms with Gasteiger partial charge in [-0.15, -0.1) is 10.2 Å². The fourth-order valence-electron chi connectivity index (χ4n) is 4.96. The summed E-state index contributed by atoms with van der Waals surface area (Å²) in [6, 6.07) is 5.99. The first kappa shape index (κ1) is 29.5. The zero-order valence-electron chi connectivity index (χ0n) is 23.9. The lowest BCUT2D eigenvalue weighted by Gasteiger charge is -2.38. The molecule has 0 spiro atoms. The van der Waals surface area contributed by atoms with Crippen LogP contribution in [0.15, 0.2) is 49.1 Å². The van der Waals surface area contributed by atoms with E-state index in [0.29, 0.717) is 11.5 Å². The molecule has 0 atom stereocenters. The van der Waals surface area contributed by atoms with E-state index in [1.165, 1.54) is 33.6 Å². The van der Waals surface area contributed by atoms with Crippen LogP contribution in [-0.2, 0) is 6.54 Å². The molecule has 0 saturated carbocycles. The van der Waals surface area contributed by atoms with Crippen LogP contribution in [0.3, 0.4) is 0 Å². The molecule has 1 aliphatic rings. The number of alkyl halides is 2. The van der Waals surface area contributed by atoms with E-state index in [2.05, 4.69) is 59.8 Å². The number of rotatable bonds is 12. The summed E-state index contributed by atoms with van der Waals surface area (Å²) in [7, 11) is 4.12. The van der Waals surface area contributed by atoms with E-state index >= 15 is 0 Å². The van der Waals surface area contributed by atoms with Gasteiger partial charge in [-0.25, -0.2) is 9.50 Å². The highest BCUT2D eigenvalue weighted by molar-refractivity contribution is 6.31. The number of carbonyl (C=O) groups is 1. The molecular formula is C27H29ClF2N12O2. The first-order chi connectivity index (χ1) is 21.2. The van der Waals surface area contributed by atoms with Gasteiger partial charge in [0.1, 0.15) is 23.6 Å². The van der Waals surface area contributed by atoms with Crippen LogP contribution in [0.25, 0.3) is 16.9 Å². The molecule has 1 amide bonds. The van der Waals surface area contributed by atoms with Crippen molar-refractivity contribution in [2.75, 3.05) is 45.6 Å². The second kappa shape index (κ2) is 12.6. The van der Waals surface area contributed by atoms with Gasteiger partial charge in [0.05, 0.1) is 17.9 Å². The van der Waals surface area contributed by atoms with Crippen LogP contribution < -0.4 is 10.1 Å². The van der Waals surface area contributed by atoms with Crippen molar-refractivity contribution in [2.24, 2.45) is 0 Å². The zero-order valence-corrected chi connectivity index (χ0v) is 24.6. The normalized spacial score (nSPS) is 14.1. The zero-order chi connectivity index (χ0) is 30.8. The Balaban J connectivity index is 1.24. The fraction of sp³-hybridized carbons (Fsp3) is 0.370. The fourth-order valence-corrected chi connectivity index (χ4v) is 5.13. The lowest BCUT2D eigenvalue weighted by Crippen LogP contribution is -2.49. The van der Waals surface area contributed by atoms with Gasteiger partial charge in [-0.2, -0.15) is 23.8 Å². The number of hydrogen-bond acceptors (Lipinski definition) is 10. The molecule has 1 aromatic carbocycles. The Hall–Kier alpha value is -4.54.